The van der Waals surface area contributed by atoms with Crippen molar-refractivity contribution >= 4 is 12.0 Å². The summed E-state index contributed by atoms with van der Waals surface area (Å²) < 4.78 is 0. The molecule has 1 rings (SSSR count). The lowest BCUT2D eigenvalue weighted by Gasteiger charge is -2.21. The quantitative estimate of drug-likeness (QED) is 0.614. The number of nitrogens with one attached hydrogen (secondary N) is 1. The second kappa shape index (κ2) is 8.06. The van der Waals surface area contributed by atoms with Crippen molar-refractivity contribution in [2.24, 2.45) is 0 Å². The monoisotopic (exact) mass is 268 g/mol. The smallest absolute Gasteiger partial charge is 0.341 e. The highest BCUT2D eigenvalue weighted by atomic mass is 16.7. The molecule has 0 spiro atoms. The van der Waals surface area contributed by atoms with E-state index in [1.165, 1.54) is 4.90 Å². The van der Waals surface area contributed by atoms with Crippen molar-refractivity contribution in [2.45, 2.75) is 6.54 Å². The van der Waals surface area contributed by atoms with Gasteiger partial charge < -0.3 is 15.1 Å². The molecule has 0 saturated carbocycles. The van der Waals surface area contributed by atoms with Crippen LogP contribution in [-0.2, 0) is 16.2 Å². The zero-order valence-electron chi connectivity index (χ0n) is 10.3. The van der Waals surface area contributed by atoms with Gasteiger partial charge in [-0.1, -0.05) is 30.3 Å². The molecule has 7 heteroatoms. The number of hydroxylamine groups is 1. The number of urea groups is 1. The molecule has 0 aliphatic carbocycles. The van der Waals surface area contributed by atoms with Crippen molar-refractivity contribution in [1.82, 2.24) is 10.4 Å². The van der Waals surface area contributed by atoms with E-state index in [1.807, 2.05) is 35.8 Å². The van der Waals surface area contributed by atoms with E-state index in [9.17, 15) is 9.59 Å². The molecule has 0 fully saturated rings. The second-order valence-electron chi connectivity index (χ2n) is 3.72. The van der Waals surface area contributed by atoms with Crippen molar-refractivity contribution in [3.05, 3.63) is 35.9 Å². The van der Waals surface area contributed by atoms with Crippen LogP contribution in [0.15, 0.2) is 30.3 Å². The zero-order valence-corrected chi connectivity index (χ0v) is 10.3. The summed E-state index contributed by atoms with van der Waals surface area (Å²) >= 11 is 0. The summed E-state index contributed by atoms with van der Waals surface area (Å²) in [6.45, 7) is -0.399. The van der Waals surface area contributed by atoms with Crippen LogP contribution in [0.4, 0.5) is 4.79 Å². The van der Waals surface area contributed by atoms with Crippen LogP contribution in [0.5, 0.6) is 0 Å². The number of carbonyl (C=O) groups excluding carboxylic acids is 1. The Hall–Kier alpha value is -2.12. The molecule has 0 saturated heterocycles. The van der Waals surface area contributed by atoms with Crippen molar-refractivity contribution in [3.63, 3.8) is 0 Å². The van der Waals surface area contributed by atoms with Gasteiger partial charge in [0.1, 0.15) is 0 Å². The Balaban J connectivity index is 2.51. The SMILES string of the molecule is O=C(O)CONC(=O)N(CCO)Cc1ccccc1. The van der Waals surface area contributed by atoms with E-state index in [-0.39, 0.29) is 13.2 Å². The minimum atomic E-state index is -1.18. The van der Waals surface area contributed by atoms with Gasteiger partial charge in [-0.2, -0.15) is 0 Å². The Kier molecular flexibility index (Phi) is 6.34. The molecule has 0 aliphatic heterocycles. The lowest BCUT2D eigenvalue weighted by Crippen LogP contribution is -2.41. The molecule has 0 heterocycles. The molecule has 0 radical (unpaired) electrons. The molecule has 0 aromatic heterocycles. The molecule has 0 unspecified atom stereocenters. The standard InChI is InChI=1S/C12H16N2O5/c15-7-6-14(8-10-4-2-1-3-5-10)12(18)13-19-9-11(16)17/h1-5,15H,6-9H2,(H,13,18)(H,16,17). The molecular weight excluding hydrogens is 252 g/mol. The third-order valence-electron chi connectivity index (χ3n) is 2.23. The number of nitrogens with zero attached hydrogens (tertiary/aromatic N) is 1. The first-order valence-corrected chi connectivity index (χ1v) is 5.66. The third kappa shape index (κ3) is 5.84. The molecule has 104 valence electrons. The molecule has 0 atom stereocenters. The molecule has 1 aromatic carbocycles. The predicted molar refractivity (Wildman–Crippen MR) is 66.1 cm³/mol. The Morgan fingerprint density at radius 3 is 2.53 bits per heavy atom. The van der Waals surface area contributed by atoms with Crippen LogP contribution in [0, 0.1) is 0 Å². The Morgan fingerprint density at radius 1 is 1.26 bits per heavy atom. The number of hydrogen-bond acceptors (Lipinski definition) is 4. The van der Waals surface area contributed by atoms with Gasteiger partial charge in [0.25, 0.3) is 0 Å². The van der Waals surface area contributed by atoms with Crippen LogP contribution in [-0.4, -0.2) is 46.9 Å². The van der Waals surface area contributed by atoms with Gasteiger partial charge in [0.2, 0.25) is 0 Å². The molecule has 0 bridgehead atoms. The third-order valence-corrected chi connectivity index (χ3v) is 2.23. The molecule has 3 N–H and O–H groups in total. The number of carboxylic acid groups (broad SMARTS) is 1. The van der Waals surface area contributed by atoms with E-state index in [4.69, 9.17) is 10.2 Å². The summed E-state index contributed by atoms with van der Waals surface area (Å²) in [7, 11) is 0. The molecular formula is C12H16N2O5. The van der Waals surface area contributed by atoms with Crippen molar-refractivity contribution in [2.75, 3.05) is 19.8 Å². The van der Waals surface area contributed by atoms with E-state index in [1.54, 1.807) is 0 Å². The fraction of sp³-hybridized carbons (Fsp3) is 0.333. The van der Waals surface area contributed by atoms with Gasteiger partial charge in [0, 0.05) is 13.1 Å². The minimum Gasteiger partial charge on any atom is -0.479 e. The van der Waals surface area contributed by atoms with E-state index >= 15 is 0 Å². The average molecular weight is 268 g/mol. The topological polar surface area (TPSA) is 99.1 Å². The Bertz CT molecular complexity index is 410. The normalized spacial score (nSPS) is 9.95. The maximum atomic E-state index is 11.7. The number of amides is 2. The van der Waals surface area contributed by atoms with Crippen LogP contribution in [0.2, 0.25) is 0 Å². The second-order valence-corrected chi connectivity index (χ2v) is 3.72. The van der Waals surface area contributed by atoms with Crippen LogP contribution in [0.3, 0.4) is 0 Å². The lowest BCUT2D eigenvalue weighted by atomic mass is 10.2. The molecule has 2 amide bonds. The van der Waals surface area contributed by atoms with Crippen LogP contribution < -0.4 is 5.48 Å². The minimum absolute atomic E-state index is 0.122. The highest BCUT2D eigenvalue weighted by molar-refractivity contribution is 5.73. The van der Waals surface area contributed by atoms with Gasteiger partial charge in [0.15, 0.2) is 6.61 Å². The van der Waals surface area contributed by atoms with Crippen molar-refractivity contribution in [3.8, 4) is 0 Å². The Labute approximate surface area is 110 Å². The van der Waals surface area contributed by atoms with E-state index < -0.39 is 18.6 Å². The first-order chi connectivity index (χ1) is 9.13. The van der Waals surface area contributed by atoms with E-state index in [0.29, 0.717) is 6.54 Å². The van der Waals surface area contributed by atoms with Gasteiger partial charge >= 0.3 is 12.0 Å². The molecule has 7 nitrogen and oxygen atoms in total. The number of aliphatic hydroxyl groups is 1. The van der Waals surface area contributed by atoms with Gasteiger partial charge in [-0.3, -0.25) is 4.84 Å². The summed E-state index contributed by atoms with van der Waals surface area (Å²) in [5.74, 6) is -1.18. The number of rotatable bonds is 7. The Morgan fingerprint density at radius 2 is 1.95 bits per heavy atom. The lowest BCUT2D eigenvalue weighted by molar-refractivity contribution is -0.144. The van der Waals surface area contributed by atoms with E-state index in [2.05, 4.69) is 4.84 Å². The molecule has 1 aromatic rings. The summed E-state index contributed by atoms with van der Waals surface area (Å²) in [5, 5.41) is 17.3. The average Bonchev–Trinajstić information content (AvgIpc) is 2.39. The fourth-order valence-electron chi connectivity index (χ4n) is 1.40. The number of aliphatic carboxylic acids is 1. The van der Waals surface area contributed by atoms with Gasteiger partial charge in [-0.25, -0.2) is 15.1 Å². The van der Waals surface area contributed by atoms with E-state index in [0.717, 1.165) is 5.56 Å². The largest absolute Gasteiger partial charge is 0.479 e. The highest BCUT2D eigenvalue weighted by Crippen LogP contribution is 2.04. The number of carbonyl (C=O) groups is 2. The number of benzene rings is 1. The number of carboxylic acids is 1. The first kappa shape index (κ1) is 14.9. The summed E-state index contributed by atoms with van der Waals surface area (Å²) in [6, 6.07) is 8.62. The summed E-state index contributed by atoms with van der Waals surface area (Å²) in [5.41, 5.74) is 2.91. The maximum absolute atomic E-state index is 11.7. The van der Waals surface area contributed by atoms with Gasteiger partial charge in [-0.15, -0.1) is 0 Å². The zero-order chi connectivity index (χ0) is 14.1. The summed E-state index contributed by atoms with van der Waals surface area (Å²) in [4.78, 5) is 27.8. The number of aliphatic hydroxyl groups excluding tert-OH is 1. The maximum Gasteiger partial charge on any atom is 0.341 e. The number of hydrogen-bond donors (Lipinski definition) is 3. The van der Waals surface area contributed by atoms with Gasteiger partial charge in [0.05, 0.1) is 6.61 Å². The highest BCUT2D eigenvalue weighted by Gasteiger charge is 2.13. The molecule has 19 heavy (non-hydrogen) atoms. The van der Waals surface area contributed by atoms with Crippen molar-refractivity contribution in [1.29, 1.82) is 0 Å². The molecule has 0 aliphatic rings. The summed E-state index contributed by atoms with van der Waals surface area (Å²) in [6.07, 6.45) is 0. The first-order valence-electron chi connectivity index (χ1n) is 5.66. The van der Waals surface area contributed by atoms with Crippen molar-refractivity contribution < 1.29 is 24.6 Å². The van der Waals surface area contributed by atoms with Crippen LogP contribution in [0.1, 0.15) is 5.56 Å². The van der Waals surface area contributed by atoms with Gasteiger partial charge in [-0.05, 0) is 5.56 Å². The predicted octanol–water partition coefficient (Wildman–Crippen LogP) is 0.207. The van der Waals surface area contributed by atoms with Crippen LogP contribution in [0.25, 0.3) is 0 Å². The fourth-order valence-corrected chi connectivity index (χ4v) is 1.40. The van der Waals surface area contributed by atoms with Crippen LogP contribution >= 0.6 is 0 Å².